The number of nitrogens with zero attached hydrogens (tertiary/aromatic N) is 2. The van der Waals surface area contributed by atoms with Gasteiger partial charge in [-0.1, -0.05) is 63.8 Å². The molecule has 0 amide bonds. The number of anilines is 3. The topological polar surface area (TPSA) is 16.1 Å². The third kappa shape index (κ3) is 6.19. The molecule has 158 valence electrons. The Labute approximate surface area is 183 Å². The summed E-state index contributed by atoms with van der Waals surface area (Å²) in [5.74, 6) is 0. The second kappa shape index (κ2) is 11.5. The molecule has 0 bridgehead atoms. The number of aryl methyl sites for hydroxylation is 3. The first-order valence-electron chi connectivity index (χ1n) is 11.6. The average Bonchev–Trinajstić information content (AvgIpc) is 2.77. The minimum Gasteiger partial charge on any atom is -0.310 e. The van der Waals surface area contributed by atoms with E-state index in [-0.39, 0.29) is 0 Å². The van der Waals surface area contributed by atoms with Crippen molar-refractivity contribution in [2.45, 2.75) is 72.1 Å². The Kier molecular flexibility index (Phi) is 8.50. The lowest BCUT2D eigenvalue weighted by Gasteiger charge is -2.26. The standard InChI is InChI=1S/C28H36N2/c1-4-6-8-10-24-12-16-26(17-13-24)30(28-20-21-29-23(3)22-28)27-18-14-25(15-19-27)11-9-7-5-2/h12-22H,4-11H2,1-3H3. The molecule has 0 spiro atoms. The minimum absolute atomic E-state index is 1.03. The largest absolute Gasteiger partial charge is 0.310 e. The molecule has 0 radical (unpaired) electrons. The van der Waals surface area contributed by atoms with Crippen LogP contribution >= 0.6 is 0 Å². The maximum absolute atomic E-state index is 4.39. The van der Waals surface area contributed by atoms with Crippen molar-refractivity contribution < 1.29 is 0 Å². The van der Waals surface area contributed by atoms with Crippen molar-refractivity contribution in [3.8, 4) is 0 Å². The molecule has 2 nitrogen and oxygen atoms in total. The number of aromatic nitrogens is 1. The van der Waals surface area contributed by atoms with Gasteiger partial charge in [0.15, 0.2) is 0 Å². The second-order valence-corrected chi connectivity index (χ2v) is 8.24. The van der Waals surface area contributed by atoms with Crippen LogP contribution in [0.2, 0.25) is 0 Å². The van der Waals surface area contributed by atoms with Crippen LogP contribution in [-0.2, 0) is 12.8 Å². The Morgan fingerprint density at radius 3 is 1.57 bits per heavy atom. The third-order valence-electron chi connectivity index (χ3n) is 5.67. The van der Waals surface area contributed by atoms with E-state index in [0.717, 1.165) is 24.2 Å². The molecule has 0 unspecified atom stereocenters. The number of benzene rings is 2. The fourth-order valence-corrected chi connectivity index (χ4v) is 3.90. The Balaban J connectivity index is 1.86. The summed E-state index contributed by atoms with van der Waals surface area (Å²) in [4.78, 5) is 6.73. The quantitative estimate of drug-likeness (QED) is 0.301. The highest BCUT2D eigenvalue weighted by Gasteiger charge is 2.13. The highest BCUT2D eigenvalue weighted by Crippen LogP contribution is 2.35. The van der Waals surface area contributed by atoms with Gasteiger partial charge in [0, 0.05) is 29.0 Å². The van der Waals surface area contributed by atoms with Gasteiger partial charge in [-0.2, -0.15) is 0 Å². The zero-order valence-corrected chi connectivity index (χ0v) is 18.9. The summed E-state index contributed by atoms with van der Waals surface area (Å²) in [5.41, 5.74) is 7.41. The van der Waals surface area contributed by atoms with Crippen LogP contribution in [0.4, 0.5) is 17.1 Å². The van der Waals surface area contributed by atoms with Gasteiger partial charge in [0.2, 0.25) is 0 Å². The van der Waals surface area contributed by atoms with Crippen molar-refractivity contribution >= 4 is 17.1 Å². The summed E-state index contributed by atoms with van der Waals surface area (Å²) < 4.78 is 0. The molecule has 0 atom stereocenters. The lowest BCUT2D eigenvalue weighted by Crippen LogP contribution is -2.10. The first kappa shape index (κ1) is 22.1. The molecule has 0 saturated heterocycles. The lowest BCUT2D eigenvalue weighted by atomic mass is 10.0. The van der Waals surface area contributed by atoms with Crippen LogP contribution in [0.25, 0.3) is 0 Å². The molecule has 2 heteroatoms. The summed E-state index contributed by atoms with van der Waals surface area (Å²) in [6.45, 7) is 6.56. The van der Waals surface area contributed by atoms with Gasteiger partial charge in [-0.3, -0.25) is 4.98 Å². The molecule has 3 rings (SSSR count). The summed E-state index contributed by atoms with van der Waals surface area (Å²) >= 11 is 0. The van der Waals surface area contributed by atoms with Crippen LogP contribution < -0.4 is 4.90 Å². The zero-order chi connectivity index (χ0) is 21.2. The van der Waals surface area contributed by atoms with Crippen molar-refractivity contribution in [2.75, 3.05) is 4.90 Å². The van der Waals surface area contributed by atoms with E-state index in [1.165, 1.54) is 61.0 Å². The monoisotopic (exact) mass is 400 g/mol. The van der Waals surface area contributed by atoms with E-state index in [2.05, 4.69) is 91.3 Å². The Morgan fingerprint density at radius 1 is 0.633 bits per heavy atom. The van der Waals surface area contributed by atoms with E-state index in [9.17, 15) is 0 Å². The van der Waals surface area contributed by atoms with Crippen LogP contribution in [0.3, 0.4) is 0 Å². The smallest absolute Gasteiger partial charge is 0.0494 e. The van der Waals surface area contributed by atoms with Crippen molar-refractivity contribution in [1.82, 2.24) is 4.98 Å². The van der Waals surface area contributed by atoms with E-state index < -0.39 is 0 Å². The van der Waals surface area contributed by atoms with Crippen molar-refractivity contribution in [2.24, 2.45) is 0 Å². The number of rotatable bonds is 11. The third-order valence-corrected chi connectivity index (χ3v) is 5.67. The molecule has 1 heterocycles. The molecular weight excluding hydrogens is 364 g/mol. The van der Waals surface area contributed by atoms with Gasteiger partial charge in [-0.25, -0.2) is 0 Å². The predicted molar refractivity (Wildman–Crippen MR) is 130 cm³/mol. The molecule has 30 heavy (non-hydrogen) atoms. The number of hydrogen-bond acceptors (Lipinski definition) is 2. The van der Waals surface area contributed by atoms with Crippen molar-refractivity contribution in [3.63, 3.8) is 0 Å². The van der Waals surface area contributed by atoms with E-state index in [4.69, 9.17) is 0 Å². The van der Waals surface area contributed by atoms with Crippen molar-refractivity contribution in [3.05, 3.63) is 83.7 Å². The molecule has 0 aliphatic carbocycles. The number of pyridine rings is 1. The molecule has 0 fully saturated rings. The van der Waals surface area contributed by atoms with Gasteiger partial charge in [0.25, 0.3) is 0 Å². The van der Waals surface area contributed by atoms with Crippen LogP contribution in [0.5, 0.6) is 0 Å². The molecule has 3 aromatic rings. The summed E-state index contributed by atoms with van der Waals surface area (Å²) in [5, 5.41) is 0. The average molecular weight is 401 g/mol. The van der Waals surface area contributed by atoms with E-state index in [1.807, 2.05) is 6.20 Å². The predicted octanol–water partition coefficient (Wildman–Crippen LogP) is 8.33. The fourth-order valence-electron chi connectivity index (χ4n) is 3.90. The molecule has 0 N–H and O–H groups in total. The molecular formula is C28H36N2. The first-order chi connectivity index (χ1) is 14.7. The molecule has 2 aromatic carbocycles. The molecule has 1 aromatic heterocycles. The summed E-state index contributed by atoms with van der Waals surface area (Å²) in [7, 11) is 0. The summed E-state index contributed by atoms with van der Waals surface area (Å²) in [6.07, 6.45) is 11.9. The Bertz CT molecular complexity index is 828. The van der Waals surface area contributed by atoms with Crippen LogP contribution in [0, 0.1) is 6.92 Å². The maximum Gasteiger partial charge on any atom is 0.0494 e. The molecule has 0 saturated carbocycles. The van der Waals surface area contributed by atoms with E-state index in [0.29, 0.717) is 0 Å². The highest BCUT2D eigenvalue weighted by atomic mass is 15.1. The molecule has 0 aliphatic rings. The van der Waals surface area contributed by atoms with Gasteiger partial charge in [-0.05, 0) is 80.1 Å². The van der Waals surface area contributed by atoms with Crippen LogP contribution in [-0.4, -0.2) is 4.98 Å². The minimum atomic E-state index is 1.03. The van der Waals surface area contributed by atoms with Crippen LogP contribution in [0.15, 0.2) is 66.9 Å². The van der Waals surface area contributed by atoms with Gasteiger partial charge in [0.05, 0.1) is 0 Å². The highest BCUT2D eigenvalue weighted by molar-refractivity contribution is 5.76. The Hall–Kier alpha value is -2.61. The number of hydrogen-bond donors (Lipinski definition) is 0. The maximum atomic E-state index is 4.39. The van der Waals surface area contributed by atoms with Crippen molar-refractivity contribution in [1.29, 1.82) is 0 Å². The first-order valence-corrected chi connectivity index (χ1v) is 11.6. The van der Waals surface area contributed by atoms with Crippen LogP contribution in [0.1, 0.15) is 69.2 Å². The Morgan fingerprint density at radius 2 is 1.13 bits per heavy atom. The number of unbranched alkanes of at least 4 members (excludes halogenated alkanes) is 4. The normalized spacial score (nSPS) is 10.9. The van der Waals surface area contributed by atoms with Gasteiger partial charge >= 0.3 is 0 Å². The van der Waals surface area contributed by atoms with E-state index >= 15 is 0 Å². The van der Waals surface area contributed by atoms with Gasteiger partial charge in [0.1, 0.15) is 0 Å². The van der Waals surface area contributed by atoms with E-state index in [1.54, 1.807) is 0 Å². The lowest BCUT2D eigenvalue weighted by molar-refractivity contribution is 0.717. The molecule has 0 aliphatic heterocycles. The second-order valence-electron chi connectivity index (χ2n) is 8.24. The van der Waals surface area contributed by atoms with Gasteiger partial charge < -0.3 is 4.90 Å². The summed E-state index contributed by atoms with van der Waals surface area (Å²) in [6, 6.07) is 22.4. The SMILES string of the molecule is CCCCCc1ccc(N(c2ccc(CCCCC)cc2)c2ccnc(C)c2)cc1. The fraction of sp³-hybridized carbons (Fsp3) is 0.393. The van der Waals surface area contributed by atoms with Gasteiger partial charge in [-0.15, -0.1) is 0 Å². The zero-order valence-electron chi connectivity index (χ0n) is 18.9.